The van der Waals surface area contributed by atoms with Crippen molar-refractivity contribution in [3.63, 3.8) is 0 Å². The molecule has 4 rings (SSSR count). The summed E-state index contributed by atoms with van der Waals surface area (Å²) in [6, 6.07) is 4.40. The molecule has 160 valence electrons. The summed E-state index contributed by atoms with van der Waals surface area (Å²) < 4.78 is 24.5. The number of benzene rings is 1. The highest BCUT2D eigenvalue weighted by Gasteiger charge is 2.42. The Morgan fingerprint density at radius 2 is 1.67 bits per heavy atom. The van der Waals surface area contributed by atoms with Crippen molar-refractivity contribution in [2.45, 2.75) is 18.6 Å². The number of likely N-dealkylation sites (N-methyl/N-ethyl adjacent to an activating group) is 1. The Hall–Kier alpha value is -3.33. The molecule has 1 aromatic carbocycles. The predicted octanol–water partition coefficient (Wildman–Crippen LogP) is 2.35. The van der Waals surface area contributed by atoms with E-state index in [0.29, 0.717) is 0 Å². The summed E-state index contributed by atoms with van der Waals surface area (Å²) in [7, 11) is 8.86. The summed E-state index contributed by atoms with van der Waals surface area (Å²) in [6.45, 7) is 0. The molecule has 1 aromatic rings. The lowest BCUT2D eigenvalue weighted by molar-refractivity contribution is -0.969. The van der Waals surface area contributed by atoms with Gasteiger partial charge >= 0.3 is 5.09 Å². The van der Waals surface area contributed by atoms with E-state index in [9.17, 15) is 0 Å². The molecule has 3 aliphatic rings. The number of hydrogen-bond donors (Lipinski definition) is 2. The van der Waals surface area contributed by atoms with Crippen molar-refractivity contribution >= 4 is 6.21 Å². The van der Waals surface area contributed by atoms with Crippen molar-refractivity contribution < 1.29 is 39.0 Å². The molecule has 2 atom stereocenters. The molecule has 0 fully saturated rings. The normalized spacial score (nSPS) is 21.0. The fourth-order valence-electron chi connectivity index (χ4n) is 4.29. The van der Waals surface area contributed by atoms with Crippen LogP contribution in [0.15, 0.2) is 46.8 Å². The van der Waals surface area contributed by atoms with E-state index in [1.165, 1.54) is 22.3 Å². The van der Waals surface area contributed by atoms with Crippen LogP contribution in [0.5, 0.6) is 11.5 Å². The molecule has 1 heterocycles. The monoisotopic (exact) mass is 418 g/mol. The summed E-state index contributed by atoms with van der Waals surface area (Å²) in [5.41, 5.74) is 6.24. The van der Waals surface area contributed by atoms with Gasteiger partial charge in [0.05, 0.1) is 26.9 Å². The largest absolute Gasteiger partial charge is 0.497 e. The second kappa shape index (κ2) is 8.58. The van der Waals surface area contributed by atoms with Crippen molar-refractivity contribution in [2.75, 3.05) is 35.5 Å². The molecule has 0 spiro atoms. The van der Waals surface area contributed by atoms with E-state index in [1.54, 1.807) is 28.4 Å². The number of rotatable bonds is 4. The van der Waals surface area contributed by atoms with Crippen LogP contribution in [0.2, 0.25) is 0 Å². The number of allylic oxidation sites excluding steroid dienone is 3. The molecule has 9 heteroatoms. The van der Waals surface area contributed by atoms with Gasteiger partial charge in [0.2, 0.25) is 6.04 Å². The lowest BCUT2D eigenvalue weighted by Crippen LogP contribution is -2.27. The van der Waals surface area contributed by atoms with E-state index in [4.69, 9.17) is 34.3 Å². The van der Waals surface area contributed by atoms with Gasteiger partial charge in [-0.1, -0.05) is 6.08 Å². The van der Waals surface area contributed by atoms with Crippen molar-refractivity contribution in [2.24, 2.45) is 0 Å². The lowest BCUT2D eigenvalue weighted by Gasteiger charge is -2.26. The maximum Gasteiger partial charge on any atom is 0.472 e. The molecule has 30 heavy (non-hydrogen) atoms. The predicted molar refractivity (Wildman–Crippen MR) is 106 cm³/mol. The highest BCUT2D eigenvalue weighted by atomic mass is 16.9. The second-order valence-electron chi connectivity index (χ2n) is 6.97. The average Bonchev–Trinajstić information content (AvgIpc) is 3.10. The lowest BCUT2D eigenvalue weighted by atomic mass is 9.87. The molecule has 9 nitrogen and oxygen atoms in total. The van der Waals surface area contributed by atoms with Crippen LogP contribution in [0.1, 0.15) is 17.2 Å². The van der Waals surface area contributed by atoms with E-state index < -0.39 is 5.09 Å². The Morgan fingerprint density at radius 3 is 2.23 bits per heavy atom. The molecule has 0 saturated heterocycles. The molecule has 0 bridgehead atoms. The molecule has 2 unspecified atom stereocenters. The van der Waals surface area contributed by atoms with Crippen LogP contribution in [-0.2, 0) is 15.9 Å². The van der Waals surface area contributed by atoms with Crippen LogP contribution in [0.25, 0.3) is 0 Å². The smallest absolute Gasteiger partial charge is 0.472 e. The van der Waals surface area contributed by atoms with Gasteiger partial charge in [0.15, 0.2) is 17.7 Å². The Morgan fingerprint density at radius 1 is 1.03 bits per heavy atom. The van der Waals surface area contributed by atoms with Crippen LogP contribution >= 0.6 is 0 Å². The van der Waals surface area contributed by atoms with Gasteiger partial charge in [-0.2, -0.15) is 0 Å². The summed E-state index contributed by atoms with van der Waals surface area (Å²) >= 11 is 0. The van der Waals surface area contributed by atoms with E-state index in [-0.39, 0.29) is 12.1 Å². The van der Waals surface area contributed by atoms with Gasteiger partial charge in [-0.25, -0.2) is 15.0 Å². The minimum Gasteiger partial charge on any atom is -0.497 e. The Bertz CT molecular complexity index is 987. The number of nitrogens with zero attached hydrogens (tertiary/aromatic N) is 2. The van der Waals surface area contributed by atoms with Gasteiger partial charge in [-0.05, 0) is 29.3 Å². The van der Waals surface area contributed by atoms with Gasteiger partial charge in [0.1, 0.15) is 23.8 Å². The van der Waals surface area contributed by atoms with Crippen LogP contribution < -0.4 is 9.47 Å². The fraction of sp³-hybridized carbons (Fsp3) is 0.381. The zero-order valence-corrected chi connectivity index (χ0v) is 17.6. The Balaban J connectivity index is 0.000000589. The second-order valence-corrected chi connectivity index (χ2v) is 6.97. The SMILES string of the molecule is COC1=C2C=[N+](C)C3C(=C2C=CC1OC)Cc1cc(OC)c(OC)cc13.O=[N+](O)O. The van der Waals surface area contributed by atoms with E-state index >= 15 is 0 Å². The molecular weight excluding hydrogens is 392 g/mol. The highest BCUT2D eigenvalue weighted by Crippen LogP contribution is 2.47. The molecule has 1 aliphatic heterocycles. The van der Waals surface area contributed by atoms with Gasteiger partial charge < -0.3 is 18.9 Å². The topological polar surface area (TPSA) is 100 Å². The molecule has 0 radical (unpaired) electrons. The van der Waals surface area contributed by atoms with Crippen molar-refractivity contribution in [1.29, 1.82) is 0 Å². The third-order valence-corrected chi connectivity index (χ3v) is 5.46. The summed E-state index contributed by atoms with van der Waals surface area (Å²) in [6.07, 6.45) is 7.12. The molecule has 0 saturated carbocycles. The zero-order valence-electron chi connectivity index (χ0n) is 17.6. The average molecular weight is 418 g/mol. The molecule has 0 aromatic heterocycles. The van der Waals surface area contributed by atoms with Crippen molar-refractivity contribution in [3.8, 4) is 11.5 Å². The van der Waals surface area contributed by atoms with Crippen LogP contribution in [0, 0.1) is 4.91 Å². The third kappa shape index (κ3) is 3.63. The first-order valence-electron chi connectivity index (χ1n) is 9.25. The van der Waals surface area contributed by atoms with E-state index in [0.717, 1.165) is 29.3 Å². The quantitative estimate of drug-likeness (QED) is 0.572. The zero-order chi connectivity index (χ0) is 22.0. The maximum absolute atomic E-state index is 8.47. The first kappa shape index (κ1) is 21.4. The minimum absolute atomic E-state index is 0.149. The van der Waals surface area contributed by atoms with Gasteiger partial charge in [0.25, 0.3) is 0 Å². The standard InChI is InChI=1S/C21H24NO4.H2NO3/c1-22-11-16-13(6-7-17(23-2)21(16)26-5)15-8-12-9-18(24-3)19(25-4)10-14(12)20(15)22;2-1(3)4/h6-7,9-11,17,20H,8H2,1-5H3;(H2,2,3,4)/q2*+1. The van der Waals surface area contributed by atoms with Crippen LogP contribution in [0.4, 0.5) is 0 Å². The number of fused-ring (bicyclic) bond motifs is 4. The molecular formula is C21H26N2O7+2. The number of methoxy groups -OCH3 is 4. The van der Waals surface area contributed by atoms with E-state index in [1.807, 2.05) is 0 Å². The van der Waals surface area contributed by atoms with Crippen LogP contribution in [-0.4, -0.2) is 67.9 Å². The van der Waals surface area contributed by atoms with Gasteiger partial charge in [0, 0.05) is 24.7 Å². The van der Waals surface area contributed by atoms with Crippen molar-refractivity contribution in [3.05, 3.63) is 62.8 Å². The van der Waals surface area contributed by atoms with Gasteiger partial charge in [-0.15, -0.1) is 0 Å². The third-order valence-electron chi connectivity index (χ3n) is 5.46. The molecule has 2 aliphatic carbocycles. The molecule has 2 N–H and O–H groups in total. The van der Waals surface area contributed by atoms with E-state index in [2.05, 4.69) is 42.1 Å². The number of hydrogen-bond acceptors (Lipinski definition) is 5. The minimum atomic E-state index is -1.25. The van der Waals surface area contributed by atoms with Crippen LogP contribution in [0.3, 0.4) is 0 Å². The fourth-order valence-corrected chi connectivity index (χ4v) is 4.29. The summed E-state index contributed by atoms with van der Waals surface area (Å²) in [5, 5.41) is 12.5. The van der Waals surface area contributed by atoms with Gasteiger partial charge in [-0.3, -0.25) is 0 Å². The first-order chi connectivity index (χ1) is 14.4. The maximum atomic E-state index is 8.47. The Kier molecular flexibility index (Phi) is 6.12. The summed E-state index contributed by atoms with van der Waals surface area (Å²) in [4.78, 5) is 8.47. The first-order valence-corrected chi connectivity index (χ1v) is 9.25. The summed E-state index contributed by atoms with van der Waals surface area (Å²) in [5.74, 6) is 2.39. The highest BCUT2D eigenvalue weighted by molar-refractivity contribution is 5.87. The van der Waals surface area contributed by atoms with Crippen molar-refractivity contribution in [1.82, 2.24) is 0 Å². The number of ether oxygens (including phenoxy) is 4. The Labute approximate surface area is 174 Å². The molecule has 0 amide bonds.